The van der Waals surface area contributed by atoms with E-state index in [0.717, 1.165) is 29.5 Å². The van der Waals surface area contributed by atoms with E-state index in [9.17, 15) is 0 Å². The molecule has 1 atom stereocenters. The Hall–Kier alpha value is -1.92. The SMILES string of the molecule is CCNCC(C)N=C(SC)c1ccnc(Nc2cc(C)cc(C)c2)n1. The van der Waals surface area contributed by atoms with Crippen LogP contribution in [0.1, 0.15) is 30.7 Å². The first-order valence-corrected chi connectivity index (χ1v) is 9.75. The third-order valence-corrected chi connectivity index (χ3v) is 4.27. The summed E-state index contributed by atoms with van der Waals surface area (Å²) in [7, 11) is 0. The maximum absolute atomic E-state index is 4.78. The van der Waals surface area contributed by atoms with Gasteiger partial charge in [0.25, 0.3) is 0 Å². The van der Waals surface area contributed by atoms with Crippen molar-refractivity contribution in [1.29, 1.82) is 0 Å². The summed E-state index contributed by atoms with van der Waals surface area (Å²) in [6.07, 6.45) is 3.80. The third kappa shape index (κ3) is 6.14. The molecule has 2 aromatic rings. The second-order valence-electron chi connectivity index (χ2n) is 6.06. The number of nitrogens with one attached hydrogen (secondary N) is 2. The molecule has 0 radical (unpaired) electrons. The average molecular weight is 358 g/mol. The first kappa shape index (κ1) is 19.4. The molecule has 25 heavy (non-hydrogen) atoms. The summed E-state index contributed by atoms with van der Waals surface area (Å²) in [5.41, 5.74) is 4.26. The molecule has 1 aromatic carbocycles. The second-order valence-corrected chi connectivity index (χ2v) is 6.86. The fourth-order valence-electron chi connectivity index (χ4n) is 2.54. The van der Waals surface area contributed by atoms with Gasteiger partial charge < -0.3 is 10.6 Å². The maximum Gasteiger partial charge on any atom is 0.227 e. The van der Waals surface area contributed by atoms with Gasteiger partial charge in [-0.25, -0.2) is 9.97 Å². The minimum Gasteiger partial charge on any atom is -0.324 e. The van der Waals surface area contributed by atoms with Crippen LogP contribution in [0, 0.1) is 13.8 Å². The number of aromatic nitrogens is 2. The number of hydrogen-bond acceptors (Lipinski definition) is 6. The molecule has 2 N–H and O–H groups in total. The number of rotatable bonds is 7. The lowest BCUT2D eigenvalue weighted by Crippen LogP contribution is -2.24. The lowest BCUT2D eigenvalue weighted by atomic mass is 10.1. The van der Waals surface area contributed by atoms with Crippen LogP contribution in [0.25, 0.3) is 0 Å². The molecule has 0 aliphatic carbocycles. The molecule has 0 aliphatic heterocycles. The topological polar surface area (TPSA) is 62.2 Å². The molecule has 5 nitrogen and oxygen atoms in total. The first-order valence-electron chi connectivity index (χ1n) is 8.53. The van der Waals surface area contributed by atoms with Crippen molar-refractivity contribution in [3.63, 3.8) is 0 Å². The molecule has 134 valence electrons. The van der Waals surface area contributed by atoms with Crippen molar-refractivity contribution in [3.8, 4) is 0 Å². The fourth-order valence-corrected chi connectivity index (χ4v) is 3.14. The standard InChI is InChI=1S/C19H27N5S/c1-6-20-12-15(4)22-18(25-5)17-7-8-21-19(24-17)23-16-10-13(2)9-14(3)11-16/h7-11,15,20H,6,12H2,1-5H3,(H,21,23,24). The van der Waals surface area contributed by atoms with Gasteiger partial charge in [-0.1, -0.05) is 13.0 Å². The van der Waals surface area contributed by atoms with Crippen molar-refractivity contribution in [3.05, 3.63) is 47.3 Å². The minimum absolute atomic E-state index is 0.202. The molecule has 0 saturated carbocycles. The Kier molecular flexibility index (Phi) is 7.40. The van der Waals surface area contributed by atoms with Gasteiger partial charge in [-0.3, -0.25) is 4.99 Å². The van der Waals surface area contributed by atoms with Crippen LogP contribution in [0.15, 0.2) is 35.5 Å². The van der Waals surface area contributed by atoms with E-state index in [-0.39, 0.29) is 6.04 Å². The first-order chi connectivity index (χ1) is 12.0. The number of aryl methyl sites for hydroxylation is 2. The van der Waals surface area contributed by atoms with Crippen LogP contribution in [0.3, 0.4) is 0 Å². The van der Waals surface area contributed by atoms with Crippen LogP contribution < -0.4 is 10.6 Å². The van der Waals surface area contributed by atoms with Crippen LogP contribution in [-0.4, -0.2) is 40.4 Å². The summed E-state index contributed by atoms with van der Waals surface area (Å²) in [5, 5.41) is 7.54. The average Bonchev–Trinajstić information content (AvgIpc) is 2.57. The summed E-state index contributed by atoms with van der Waals surface area (Å²) < 4.78 is 0. The molecule has 0 bridgehead atoms. The minimum atomic E-state index is 0.202. The van der Waals surface area contributed by atoms with Gasteiger partial charge in [0.2, 0.25) is 5.95 Å². The van der Waals surface area contributed by atoms with E-state index in [4.69, 9.17) is 4.99 Å². The number of hydrogen-bond donors (Lipinski definition) is 2. The van der Waals surface area contributed by atoms with Crippen molar-refractivity contribution in [2.45, 2.75) is 33.7 Å². The van der Waals surface area contributed by atoms with Gasteiger partial charge >= 0.3 is 0 Å². The lowest BCUT2D eigenvalue weighted by Gasteiger charge is -2.11. The Morgan fingerprint density at radius 3 is 2.60 bits per heavy atom. The molecule has 0 aliphatic rings. The van der Waals surface area contributed by atoms with Crippen molar-refractivity contribution < 1.29 is 0 Å². The number of anilines is 2. The molecule has 0 saturated heterocycles. The summed E-state index contributed by atoms with van der Waals surface area (Å²) >= 11 is 1.61. The summed E-state index contributed by atoms with van der Waals surface area (Å²) in [4.78, 5) is 13.8. The lowest BCUT2D eigenvalue weighted by molar-refractivity contribution is 0.630. The molecule has 1 heterocycles. The van der Waals surface area contributed by atoms with E-state index >= 15 is 0 Å². The molecular formula is C19H27N5S. The maximum atomic E-state index is 4.78. The van der Waals surface area contributed by atoms with Crippen molar-refractivity contribution >= 4 is 28.4 Å². The molecule has 1 unspecified atom stereocenters. The Balaban J connectivity index is 2.20. The Bertz CT molecular complexity index is 709. The summed E-state index contributed by atoms with van der Waals surface area (Å²) in [6, 6.07) is 8.43. The van der Waals surface area contributed by atoms with Crippen LogP contribution in [0.2, 0.25) is 0 Å². The van der Waals surface area contributed by atoms with Crippen LogP contribution >= 0.6 is 11.8 Å². The van der Waals surface area contributed by atoms with Crippen LogP contribution in [-0.2, 0) is 0 Å². The van der Waals surface area contributed by atoms with Gasteiger partial charge in [0.1, 0.15) is 10.7 Å². The summed E-state index contributed by atoms with van der Waals surface area (Å²) in [5.74, 6) is 0.587. The van der Waals surface area contributed by atoms with Gasteiger partial charge in [-0.05, 0) is 62.9 Å². The van der Waals surface area contributed by atoms with Crippen molar-refractivity contribution in [1.82, 2.24) is 15.3 Å². The normalized spacial score (nSPS) is 12.9. The smallest absolute Gasteiger partial charge is 0.227 e. The molecular weight excluding hydrogens is 330 g/mol. The third-order valence-electron chi connectivity index (χ3n) is 3.57. The van der Waals surface area contributed by atoms with Crippen molar-refractivity contribution in [2.75, 3.05) is 24.7 Å². The Morgan fingerprint density at radius 1 is 1.24 bits per heavy atom. The molecule has 0 spiro atoms. The zero-order chi connectivity index (χ0) is 18.2. The highest BCUT2D eigenvalue weighted by atomic mass is 32.2. The van der Waals surface area contributed by atoms with Gasteiger partial charge in [-0.2, -0.15) is 0 Å². The highest BCUT2D eigenvalue weighted by Gasteiger charge is 2.09. The highest BCUT2D eigenvalue weighted by molar-refractivity contribution is 8.13. The van der Waals surface area contributed by atoms with Crippen molar-refractivity contribution in [2.24, 2.45) is 4.99 Å². The number of benzene rings is 1. The highest BCUT2D eigenvalue weighted by Crippen LogP contribution is 2.18. The monoisotopic (exact) mass is 357 g/mol. The molecule has 6 heteroatoms. The second kappa shape index (κ2) is 9.53. The number of aliphatic imine (C=N–C) groups is 1. The Morgan fingerprint density at radius 2 is 1.96 bits per heavy atom. The number of nitrogens with zero attached hydrogens (tertiary/aromatic N) is 3. The van der Waals surface area contributed by atoms with Crippen LogP contribution in [0.4, 0.5) is 11.6 Å². The number of likely N-dealkylation sites (N-methyl/N-ethyl adjacent to an activating group) is 1. The predicted molar refractivity (Wildman–Crippen MR) is 109 cm³/mol. The zero-order valence-electron chi connectivity index (χ0n) is 15.6. The van der Waals surface area contributed by atoms with E-state index in [1.54, 1.807) is 18.0 Å². The van der Waals surface area contributed by atoms with Crippen LogP contribution in [0.5, 0.6) is 0 Å². The molecule has 0 amide bonds. The molecule has 1 aromatic heterocycles. The van der Waals surface area contributed by atoms with E-state index in [2.05, 4.69) is 66.5 Å². The van der Waals surface area contributed by atoms with E-state index < -0.39 is 0 Å². The predicted octanol–water partition coefficient (Wildman–Crippen LogP) is 3.94. The quantitative estimate of drug-likeness (QED) is 0.580. The Labute approximate surface area is 154 Å². The van der Waals surface area contributed by atoms with Gasteiger partial charge in [0.05, 0.1) is 6.04 Å². The van der Waals surface area contributed by atoms with E-state index in [0.29, 0.717) is 5.95 Å². The van der Waals surface area contributed by atoms with E-state index in [1.165, 1.54) is 11.1 Å². The van der Waals surface area contributed by atoms with E-state index in [1.807, 2.05) is 12.3 Å². The molecule has 2 rings (SSSR count). The summed E-state index contributed by atoms with van der Waals surface area (Å²) in [6.45, 7) is 10.2. The van der Waals surface area contributed by atoms with Gasteiger partial charge in [0, 0.05) is 18.4 Å². The number of thioether (sulfide) groups is 1. The fraction of sp³-hybridized carbons (Fsp3) is 0.421. The van der Waals surface area contributed by atoms with Gasteiger partial charge in [-0.15, -0.1) is 11.8 Å². The molecule has 0 fully saturated rings. The zero-order valence-corrected chi connectivity index (χ0v) is 16.4. The largest absolute Gasteiger partial charge is 0.324 e. The van der Waals surface area contributed by atoms with Gasteiger partial charge in [0.15, 0.2) is 0 Å².